The minimum atomic E-state index is -0.457. The highest BCUT2D eigenvalue weighted by molar-refractivity contribution is 9.10. The lowest BCUT2D eigenvalue weighted by molar-refractivity contribution is -0.114. The number of carbonyl (C=O) groups is 2. The Hall–Kier alpha value is -2.72. The van der Waals surface area contributed by atoms with Gasteiger partial charge >= 0.3 is 5.97 Å². The molecule has 0 aliphatic carbocycles. The molecule has 0 unspecified atom stereocenters. The van der Waals surface area contributed by atoms with Gasteiger partial charge in [0.15, 0.2) is 11.5 Å². The number of hydrogen-bond donors (Lipinski definition) is 0. The average molecular weight is 478 g/mol. The maximum atomic E-state index is 13.0. The van der Waals surface area contributed by atoms with Crippen molar-refractivity contribution in [2.24, 2.45) is 5.10 Å². The summed E-state index contributed by atoms with van der Waals surface area (Å²) >= 11 is 4.57. The number of benzene rings is 1. The van der Waals surface area contributed by atoms with Crippen LogP contribution in [0.4, 0.5) is 5.13 Å². The molecule has 150 valence electrons. The molecule has 29 heavy (non-hydrogen) atoms. The van der Waals surface area contributed by atoms with Gasteiger partial charge in [0.25, 0.3) is 5.91 Å². The summed E-state index contributed by atoms with van der Waals surface area (Å²) in [7, 11) is 0. The molecule has 8 nitrogen and oxygen atoms in total. The molecule has 2 aromatic rings. The molecule has 0 fully saturated rings. The second-order valence-corrected chi connectivity index (χ2v) is 8.05. The van der Waals surface area contributed by atoms with Crippen molar-refractivity contribution in [1.29, 1.82) is 0 Å². The van der Waals surface area contributed by atoms with Gasteiger partial charge in [-0.25, -0.2) is 9.78 Å². The zero-order chi connectivity index (χ0) is 20.7. The molecule has 1 amide bonds. The standard InChI is InChI=1S/C19H16BrN3O5S/c1-4-26-18(25)16-10(3)21-19(29-16)23-17(24)12(9(2)22-23)5-11-6-14-15(7-13(11)20)28-8-27-14/h5-7H,4,8H2,1-3H3/b12-5+. The molecular weight excluding hydrogens is 462 g/mol. The summed E-state index contributed by atoms with van der Waals surface area (Å²) in [5.74, 6) is 0.484. The van der Waals surface area contributed by atoms with Gasteiger partial charge in [-0.1, -0.05) is 27.3 Å². The van der Waals surface area contributed by atoms with Crippen LogP contribution in [0.25, 0.3) is 6.08 Å². The zero-order valence-electron chi connectivity index (χ0n) is 15.8. The highest BCUT2D eigenvalue weighted by atomic mass is 79.9. The summed E-state index contributed by atoms with van der Waals surface area (Å²) in [5, 5.41) is 5.87. The van der Waals surface area contributed by atoms with Gasteiger partial charge in [-0.05, 0) is 44.5 Å². The van der Waals surface area contributed by atoms with Crippen LogP contribution in [-0.4, -0.2) is 36.0 Å². The molecule has 10 heteroatoms. The third-order valence-electron chi connectivity index (χ3n) is 4.28. The van der Waals surface area contributed by atoms with Crippen molar-refractivity contribution in [3.8, 4) is 11.5 Å². The van der Waals surface area contributed by atoms with Crippen LogP contribution >= 0.6 is 27.3 Å². The van der Waals surface area contributed by atoms with Gasteiger partial charge in [-0.2, -0.15) is 10.1 Å². The van der Waals surface area contributed by atoms with Gasteiger partial charge in [0.2, 0.25) is 11.9 Å². The van der Waals surface area contributed by atoms with Crippen molar-refractivity contribution >= 4 is 56.1 Å². The summed E-state index contributed by atoms with van der Waals surface area (Å²) in [4.78, 5) is 29.7. The number of ether oxygens (including phenoxy) is 3. The van der Waals surface area contributed by atoms with Crippen LogP contribution in [0.1, 0.15) is 34.8 Å². The third kappa shape index (κ3) is 3.53. The van der Waals surface area contributed by atoms with Crippen LogP contribution in [0, 0.1) is 6.92 Å². The van der Waals surface area contributed by atoms with E-state index in [1.54, 1.807) is 39.0 Å². The number of hydrazone groups is 1. The lowest BCUT2D eigenvalue weighted by Crippen LogP contribution is -2.21. The summed E-state index contributed by atoms with van der Waals surface area (Å²) in [6.45, 7) is 5.61. The highest BCUT2D eigenvalue weighted by Gasteiger charge is 2.32. The number of halogens is 1. The monoisotopic (exact) mass is 477 g/mol. The van der Waals surface area contributed by atoms with E-state index in [2.05, 4.69) is 26.0 Å². The van der Waals surface area contributed by atoms with Gasteiger partial charge < -0.3 is 14.2 Å². The number of anilines is 1. The van der Waals surface area contributed by atoms with E-state index < -0.39 is 5.97 Å². The fourth-order valence-electron chi connectivity index (χ4n) is 2.87. The maximum Gasteiger partial charge on any atom is 0.350 e. The average Bonchev–Trinajstić information content (AvgIpc) is 3.35. The summed E-state index contributed by atoms with van der Waals surface area (Å²) in [5.41, 5.74) is 2.23. The van der Waals surface area contributed by atoms with E-state index in [-0.39, 0.29) is 19.3 Å². The van der Waals surface area contributed by atoms with Crippen LogP contribution in [0.15, 0.2) is 27.3 Å². The lowest BCUT2D eigenvalue weighted by atomic mass is 10.1. The predicted octanol–water partition coefficient (Wildman–Crippen LogP) is 3.93. The number of amides is 1. The fourth-order valence-corrected chi connectivity index (χ4v) is 4.22. The van der Waals surface area contributed by atoms with Gasteiger partial charge in [0.05, 0.1) is 23.6 Å². The van der Waals surface area contributed by atoms with E-state index in [1.807, 2.05) is 0 Å². The maximum absolute atomic E-state index is 13.0. The number of aryl methyl sites for hydroxylation is 1. The summed E-state index contributed by atoms with van der Waals surface area (Å²) in [6.07, 6.45) is 1.74. The molecule has 3 heterocycles. The molecule has 0 atom stereocenters. The summed E-state index contributed by atoms with van der Waals surface area (Å²) < 4.78 is 16.6. The molecule has 0 saturated carbocycles. The Kier molecular flexibility index (Phi) is 5.13. The second kappa shape index (κ2) is 7.60. The van der Waals surface area contributed by atoms with Crippen molar-refractivity contribution in [3.05, 3.63) is 38.3 Å². The molecule has 0 saturated heterocycles. The lowest BCUT2D eigenvalue weighted by Gasteiger charge is -2.07. The molecular formula is C19H16BrN3O5S. The molecule has 0 bridgehead atoms. The molecule has 0 radical (unpaired) electrons. The number of fused-ring (bicyclic) bond motifs is 1. The van der Waals surface area contributed by atoms with Gasteiger partial charge in [-0.15, -0.1) is 0 Å². The topological polar surface area (TPSA) is 90.3 Å². The number of nitrogens with zero attached hydrogens (tertiary/aromatic N) is 3. The van der Waals surface area contributed by atoms with Gasteiger partial charge in [0, 0.05) is 4.47 Å². The Morgan fingerprint density at radius 1 is 1.34 bits per heavy atom. The van der Waals surface area contributed by atoms with Crippen molar-refractivity contribution in [3.63, 3.8) is 0 Å². The second-order valence-electron chi connectivity index (χ2n) is 6.22. The van der Waals surface area contributed by atoms with Crippen molar-refractivity contribution in [1.82, 2.24) is 4.98 Å². The molecule has 1 aromatic heterocycles. The van der Waals surface area contributed by atoms with Crippen LogP contribution in [0.5, 0.6) is 11.5 Å². The molecule has 0 spiro atoms. The Morgan fingerprint density at radius 2 is 2.07 bits per heavy atom. The molecule has 4 rings (SSSR count). The van der Waals surface area contributed by atoms with Crippen molar-refractivity contribution in [2.75, 3.05) is 18.4 Å². The first kappa shape index (κ1) is 19.6. The molecule has 2 aliphatic heterocycles. The Morgan fingerprint density at radius 3 is 2.79 bits per heavy atom. The quantitative estimate of drug-likeness (QED) is 0.489. The minimum Gasteiger partial charge on any atom is -0.462 e. The SMILES string of the molecule is CCOC(=O)c1sc(N2N=C(C)/C(=C\c3cc4c(cc3Br)OCO4)C2=O)nc1C. The van der Waals surface area contributed by atoms with Gasteiger partial charge in [-0.3, -0.25) is 4.79 Å². The predicted molar refractivity (Wildman–Crippen MR) is 112 cm³/mol. The largest absolute Gasteiger partial charge is 0.462 e. The first-order valence-electron chi connectivity index (χ1n) is 8.74. The Bertz CT molecular complexity index is 1090. The van der Waals surface area contributed by atoms with Crippen molar-refractivity contribution < 1.29 is 23.8 Å². The first-order chi connectivity index (χ1) is 13.9. The number of esters is 1. The Labute approximate surface area is 178 Å². The number of carbonyl (C=O) groups excluding carboxylic acids is 2. The number of aromatic nitrogens is 1. The Balaban J connectivity index is 1.65. The molecule has 2 aliphatic rings. The van der Waals surface area contributed by atoms with Crippen LogP contribution in [0.2, 0.25) is 0 Å². The van der Waals surface area contributed by atoms with E-state index in [4.69, 9.17) is 14.2 Å². The van der Waals surface area contributed by atoms with E-state index in [0.29, 0.717) is 38.5 Å². The highest BCUT2D eigenvalue weighted by Crippen LogP contribution is 2.38. The van der Waals surface area contributed by atoms with Crippen LogP contribution in [0.3, 0.4) is 0 Å². The number of hydrogen-bond acceptors (Lipinski definition) is 8. The minimum absolute atomic E-state index is 0.168. The molecule has 1 aromatic carbocycles. The van der Waals surface area contributed by atoms with Crippen molar-refractivity contribution in [2.45, 2.75) is 20.8 Å². The van der Waals surface area contributed by atoms with Crippen LogP contribution in [-0.2, 0) is 9.53 Å². The first-order valence-corrected chi connectivity index (χ1v) is 10.4. The zero-order valence-corrected chi connectivity index (χ0v) is 18.2. The molecule has 0 N–H and O–H groups in total. The number of rotatable bonds is 4. The van der Waals surface area contributed by atoms with E-state index in [0.717, 1.165) is 21.4 Å². The fraction of sp³-hybridized carbons (Fsp3) is 0.263. The van der Waals surface area contributed by atoms with Gasteiger partial charge in [0.1, 0.15) is 4.88 Å². The third-order valence-corrected chi connectivity index (χ3v) is 6.08. The van der Waals surface area contributed by atoms with Crippen LogP contribution < -0.4 is 14.5 Å². The smallest absolute Gasteiger partial charge is 0.350 e. The normalized spacial score (nSPS) is 16.6. The van der Waals surface area contributed by atoms with E-state index >= 15 is 0 Å². The number of thiazole rings is 1. The summed E-state index contributed by atoms with van der Waals surface area (Å²) in [6, 6.07) is 3.60. The van der Waals surface area contributed by atoms with E-state index in [1.165, 1.54) is 5.01 Å². The van der Waals surface area contributed by atoms with E-state index in [9.17, 15) is 9.59 Å².